The van der Waals surface area contributed by atoms with E-state index in [2.05, 4.69) is 4.98 Å². The van der Waals surface area contributed by atoms with E-state index in [-0.39, 0.29) is 30.4 Å². The first kappa shape index (κ1) is 18.4. The van der Waals surface area contributed by atoms with Crippen molar-refractivity contribution in [2.75, 3.05) is 6.61 Å². The van der Waals surface area contributed by atoms with Crippen molar-refractivity contribution in [2.24, 2.45) is 0 Å². The molecule has 1 unspecified atom stereocenters. The second-order valence-corrected chi connectivity index (χ2v) is 3.77. The van der Waals surface area contributed by atoms with Gasteiger partial charge in [0.15, 0.2) is 5.54 Å². The van der Waals surface area contributed by atoms with Gasteiger partial charge in [0.25, 0.3) is 0 Å². The van der Waals surface area contributed by atoms with Gasteiger partial charge in [-0.25, -0.2) is 14.2 Å². The number of aliphatic hydroxyl groups is 1. The second kappa shape index (κ2) is 7.23. The highest BCUT2D eigenvalue weighted by molar-refractivity contribution is 5.85. The van der Waals surface area contributed by atoms with Crippen LogP contribution in [0.4, 0.5) is 4.39 Å². The highest BCUT2D eigenvalue weighted by Crippen LogP contribution is 2.28. The van der Waals surface area contributed by atoms with E-state index in [0.717, 1.165) is 6.07 Å². The SMILES string of the molecule is Cl.Cl.O=C(O)C(CO)(c1ccccc1F)n1ccnc1. The molecule has 1 aromatic carbocycles. The van der Waals surface area contributed by atoms with Gasteiger partial charge in [-0.3, -0.25) is 0 Å². The fraction of sp³-hybridized carbons (Fsp3) is 0.167. The Labute approximate surface area is 126 Å². The number of carboxylic acids is 1. The largest absolute Gasteiger partial charge is 0.479 e. The van der Waals surface area contributed by atoms with Gasteiger partial charge < -0.3 is 14.8 Å². The maximum Gasteiger partial charge on any atom is 0.337 e. The molecule has 0 aliphatic heterocycles. The minimum absolute atomic E-state index is 0. The number of nitrogens with zero attached hydrogens (tertiary/aromatic N) is 2. The van der Waals surface area contributed by atoms with Crippen LogP contribution < -0.4 is 0 Å². The number of carboxylic acid groups (broad SMARTS) is 1. The highest BCUT2D eigenvalue weighted by atomic mass is 35.5. The van der Waals surface area contributed by atoms with Gasteiger partial charge in [0.05, 0.1) is 12.9 Å². The standard InChI is InChI=1S/C12H11FN2O3.2ClH/c13-10-4-2-1-3-9(10)12(7-16,11(17)18)15-6-5-14-8-15;;/h1-6,8,16H,7H2,(H,17,18);2*1H. The zero-order chi connectivity index (χ0) is 13.2. The molecule has 0 amide bonds. The molecule has 2 aromatic rings. The predicted molar refractivity (Wildman–Crippen MR) is 74.9 cm³/mol. The molecule has 2 rings (SSSR count). The van der Waals surface area contributed by atoms with Crippen LogP contribution in [0.15, 0.2) is 43.0 Å². The fourth-order valence-corrected chi connectivity index (χ4v) is 1.88. The Morgan fingerprint density at radius 1 is 1.35 bits per heavy atom. The number of benzene rings is 1. The maximum atomic E-state index is 13.8. The molecule has 0 aliphatic carbocycles. The summed E-state index contributed by atoms with van der Waals surface area (Å²) in [5.74, 6) is -2.05. The van der Waals surface area contributed by atoms with E-state index in [4.69, 9.17) is 0 Å². The van der Waals surface area contributed by atoms with Gasteiger partial charge in [0.2, 0.25) is 0 Å². The van der Waals surface area contributed by atoms with Crippen LogP contribution >= 0.6 is 24.8 Å². The fourth-order valence-electron chi connectivity index (χ4n) is 1.88. The van der Waals surface area contributed by atoms with Crippen LogP contribution in [-0.4, -0.2) is 32.3 Å². The van der Waals surface area contributed by atoms with Crippen LogP contribution in [0.2, 0.25) is 0 Å². The summed E-state index contributed by atoms with van der Waals surface area (Å²) in [6.07, 6.45) is 3.97. The van der Waals surface area contributed by atoms with Crippen molar-refractivity contribution in [3.63, 3.8) is 0 Å². The van der Waals surface area contributed by atoms with Gasteiger partial charge in [0.1, 0.15) is 5.82 Å². The smallest absolute Gasteiger partial charge is 0.337 e. The molecule has 110 valence electrons. The van der Waals surface area contributed by atoms with Gasteiger partial charge in [-0.1, -0.05) is 18.2 Å². The summed E-state index contributed by atoms with van der Waals surface area (Å²) in [5, 5.41) is 18.9. The minimum atomic E-state index is -1.90. The van der Waals surface area contributed by atoms with Gasteiger partial charge in [0, 0.05) is 18.0 Å². The average Bonchev–Trinajstić information content (AvgIpc) is 2.87. The summed E-state index contributed by atoms with van der Waals surface area (Å²) in [4.78, 5) is 15.3. The number of aliphatic hydroxyl groups excluding tert-OH is 1. The van der Waals surface area contributed by atoms with E-state index in [0.29, 0.717) is 0 Å². The lowest BCUT2D eigenvalue weighted by molar-refractivity contribution is -0.147. The Morgan fingerprint density at radius 3 is 2.45 bits per heavy atom. The molecule has 0 saturated heterocycles. The molecule has 5 nitrogen and oxygen atoms in total. The van der Waals surface area contributed by atoms with Crippen molar-refractivity contribution in [3.8, 4) is 0 Å². The summed E-state index contributed by atoms with van der Waals surface area (Å²) < 4.78 is 15.0. The van der Waals surface area contributed by atoms with Crippen LogP contribution in [0.1, 0.15) is 5.56 Å². The number of rotatable bonds is 4. The minimum Gasteiger partial charge on any atom is -0.479 e. The molecule has 8 heteroatoms. The Bertz CT molecular complexity index is 566. The number of aliphatic carboxylic acids is 1. The van der Waals surface area contributed by atoms with E-state index in [9.17, 15) is 19.4 Å². The average molecular weight is 323 g/mol. The summed E-state index contributed by atoms with van der Waals surface area (Å²) >= 11 is 0. The predicted octanol–water partition coefficient (Wildman–Crippen LogP) is 1.69. The van der Waals surface area contributed by atoms with E-state index in [1.54, 1.807) is 0 Å². The molecule has 1 aromatic heterocycles. The quantitative estimate of drug-likeness (QED) is 0.898. The van der Waals surface area contributed by atoms with Crippen molar-refractivity contribution < 1.29 is 19.4 Å². The number of aromatic nitrogens is 2. The topological polar surface area (TPSA) is 75.3 Å². The lowest BCUT2D eigenvalue weighted by Gasteiger charge is -2.29. The lowest BCUT2D eigenvalue weighted by atomic mass is 9.90. The number of imidazole rings is 1. The van der Waals surface area contributed by atoms with Crippen LogP contribution in [0, 0.1) is 5.82 Å². The zero-order valence-electron chi connectivity index (χ0n) is 10.1. The number of halogens is 3. The normalized spacial score (nSPS) is 12.7. The van der Waals surface area contributed by atoms with Gasteiger partial charge >= 0.3 is 5.97 Å². The summed E-state index contributed by atoms with van der Waals surface area (Å²) in [7, 11) is 0. The van der Waals surface area contributed by atoms with Crippen molar-refractivity contribution >= 4 is 30.8 Å². The van der Waals surface area contributed by atoms with E-state index in [1.807, 2.05) is 0 Å². The summed E-state index contributed by atoms with van der Waals surface area (Å²) in [6, 6.07) is 5.46. The van der Waals surface area contributed by atoms with Crippen molar-refractivity contribution in [1.82, 2.24) is 9.55 Å². The third-order valence-corrected chi connectivity index (χ3v) is 2.85. The first-order valence-electron chi connectivity index (χ1n) is 5.20. The van der Waals surface area contributed by atoms with E-state index >= 15 is 0 Å². The number of hydrogen-bond acceptors (Lipinski definition) is 3. The summed E-state index contributed by atoms with van der Waals surface area (Å²) in [5.41, 5.74) is -2.01. The van der Waals surface area contributed by atoms with Gasteiger partial charge in [-0.05, 0) is 6.07 Å². The lowest BCUT2D eigenvalue weighted by Crippen LogP contribution is -2.46. The molecule has 0 fully saturated rings. The Balaban J connectivity index is 0.00000180. The number of carbonyl (C=O) groups is 1. The molecule has 0 aliphatic rings. The molecular weight excluding hydrogens is 310 g/mol. The maximum absolute atomic E-state index is 13.8. The van der Waals surface area contributed by atoms with Crippen LogP contribution in [0.25, 0.3) is 0 Å². The first-order chi connectivity index (χ1) is 8.63. The van der Waals surface area contributed by atoms with Crippen molar-refractivity contribution in [1.29, 1.82) is 0 Å². The van der Waals surface area contributed by atoms with Crippen LogP contribution in [-0.2, 0) is 10.3 Å². The van der Waals surface area contributed by atoms with E-state index in [1.165, 1.54) is 41.5 Å². The monoisotopic (exact) mass is 322 g/mol. The van der Waals surface area contributed by atoms with E-state index < -0.39 is 23.9 Å². The Kier molecular flexibility index (Phi) is 6.64. The van der Waals surface area contributed by atoms with Crippen molar-refractivity contribution in [3.05, 3.63) is 54.4 Å². The number of hydrogen-bond donors (Lipinski definition) is 2. The Morgan fingerprint density at radius 2 is 2.00 bits per heavy atom. The van der Waals surface area contributed by atoms with Crippen LogP contribution in [0.5, 0.6) is 0 Å². The molecule has 20 heavy (non-hydrogen) atoms. The van der Waals surface area contributed by atoms with Crippen molar-refractivity contribution in [2.45, 2.75) is 5.54 Å². The third kappa shape index (κ3) is 2.77. The third-order valence-electron chi connectivity index (χ3n) is 2.85. The van der Waals surface area contributed by atoms with Gasteiger partial charge in [-0.2, -0.15) is 0 Å². The first-order valence-corrected chi connectivity index (χ1v) is 5.20. The molecule has 0 saturated carbocycles. The molecular formula is C12H13Cl2FN2O3. The molecule has 0 radical (unpaired) electrons. The van der Waals surface area contributed by atoms with Gasteiger partial charge in [-0.15, -0.1) is 24.8 Å². The zero-order valence-corrected chi connectivity index (χ0v) is 11.8. The summed E-state index contributed by atoms with van der Waals surface area (Å²) in [6.45, 7) is -0.778. The Hall–Kier alpha value is -1.63. The molecule has 1 heterocycles. The molecule has 1 atom stereocenters. The second-order valence-electron chi connectivity index (χ2n) is 3.77. The van der Waals surface area contributed by atoms with Crippen LogP contribution in [0.3, 0.4) is 0 Å². The molecule has 0 bridgehead atoms. The highest BCUT2D eigenvalue weighted by Gasteiger charge is 2.43. The molecule has 0 spiro atoms. The molecule has 2 N–H and O–H groups in total.